The van der Waals surface area contributed by atoms with Gasteiger partial charge in [-0.05, 0) is 48.4 Å². The molecule has 3 nitrogen and oxygen atoms in total. The fourth-order valence-electron chi connectivity index (χ4n) is 2.45. The summed E-state index contributed by atoms with van der Waals surface area (Å²) in [6, 6.07) is 6.19. The summed E-state index contributed by atoms with van der Waals surface area (Å²) in [5.74, 6) is 1.43. The maximum absolute atomic E-state index is 9.14. The molecule has 1 fully saturated rings. The number of ether oxygens (including phenoxy) is 2. The molecule has 94 valence electrons. The van der Waals surface area contributed by atoms with Gasteiger partial charge in [0.15, 0.2) is 0 Å². The molecule has 0 amide bonds. The summed E-state index contributed by atoms with van der Waals surface area (Å²) in [6.45, 7) is 1.87. The van der Waals surface area contributed by atoms with E-state index in [9.17, 15) is 0 Å². The third-order valence-corrected chi connectivity index (χ3v) is 3.39. The second-order valence-corrected chi connectivity index (χ2v) is 4.42. The predicted octanol–water partition coefficient (Wildman–Crippen LogP) is 2.12. The fraction of sp³-hybridized carbons (Fsp3) is 0.571. The van der Waals surface area contributed by atoms with Crippen LogP contribution in [0.5, 0.6) is 5.75 Å². The molecule has 2 rings (SSSR count). The lowest BCUT2D eigenvalue weighted by Crippen LogP contribution is -2.15. The van der Waals surface area contributed by atoms with Crippen LogP contribution < -0.4 is 4.74 Å². The van der Waals surface area contributed by atoms with E-state index in [1.54, 1.807) is 7.11 Å². The molecule has 1 saturated heterocycles. The summed E-state index contributed by atoms with van der Waals surface area (Å²) >= 11 is 0. The molecular weight excluding hydrogens is 216 g/mol. The van der Waals surface area contributed by atoms with Crippen molar-refractivity contribution in [1.82, 2.24) is 0 Å². The van der Waals surface area contributed by atoms with E-state index in [1.165, 1.54) is 11.1 Å². The van der Waals surface area contributed by atoms with Crippen LogP contribution in [0.4, 0.5) is 0 Å². The van der Waals surface area contributed by atoms with E-state index >= 15 is 0 Å². The van der Waals surface area contributed by atoms with Crippen molar-refractivity contribution in [2.75, 3.05) is 26.9 Å². The van der Waals surface area contributed by atoms with Gasteiger partial charge >= 0.3 is 0 Å². The van der Waals surface area contributed by atoms with Crippen LogP contribution in [-0.2, 0) is 11.2 Å². The van der Waals surface area contributed by atoms with Gasteiger partial charge in [-0.1, -0.05) is 6.07 Å². The van der Waals surface area contributed by atoms with E-state index in [0.29, 0.717) is 12.3 Å². The van der Waals surface area contributed by atoms with Gasteiger partial charge in [-0.25, -0.2) is 0 Å². The Kier molecular flexibility index (Phi) is 4.40. The smallest absolute Gasteiger partial charge is 0.119 e. The summed E-state index contributed by atoms with van der Waals surface area (Å²) in [5.41, 5.74) is 2.56. The molecule has 0 aliphatic carbocycles. The van der Waals surface area contributed by atoms with Crippen molar-refractivity contribution in [2.24, 2.45) is 0 Å². The zero-order chi connectivity index (χ0) is 12.1. The van der Waals surface area contributed by atoms with Gasteiger partial charge in [0.05, 0.1) is 7.11 Å². The number of aliphatic hydroxyl groups is 1. The van der Waals surface area contributed by atoms with Crippen LogP contribution in [0.15, 0.2) is 18.2 Å². The number of hydrogen-bond donors (Lipinski definition) is 1. The van der Waals surface area contributed by atoms with Gasteiger partial charge in [-0.3, -0.25) is 0 Å². The molecule has 0 unspecified atom stereocenters. The molecule has 1 aromatic carbocycles. The second kappa shape index (κ2) is 6.03. The minimum atomic E-state index is 0.184. The lowest BCUT2D eigenvalue weighted by molar-refractivity contribution is 0.0851. The lowest BCUT2D eigenvalue weighted by Gasteiger charge is -2.25. The highest BCUT2D eigenvalue weighted by Gasteiger charge is 2.18. The van der Waals surface area contributed by atoms with Crippen LogP contribution in [-0.4, -0.2) is 32.0 Å². The van der Waals surface area contributed by atoms with E-state index in [4.69, 9.17) is 14.6 Å². The molecule has 1 aliphatic rings. The van der Waals surface area contributed by atoms with Crippen molar-refractivity contribution >= 4 is 0 Å². The van der Waals surface area contributed by atoms with Gasteiger partial charge in [-0.2, -0.15) is 0 Å². The minimum absolute atomic E-state index is 0.184. The number of hydrogen-bond acceptors (Lipinski definition) is 3. The van der Waals surface area contributed by atoms with Crippen molar-refractivity contribution in [3.8, 4) is 5.75 Å². The maximum atomic E-state index is 9.14. The van der Waals surface area contributed by atoms with Crippen molar-refractivity contribution in [3.05, 3.63) is 29.3 Å². The van der Waals surface area contributed by atoms with Gasteiger partial charge in [0.25, 0.3) is 0 Å². The molecule has 0 bridgehead atoms. The monoisotopic (exact) mass is 236 g/mol. The van der Waals surface area contributed by atoms with Gasteiger partial charge in [0.1, 0.15) is 5.75 Å². The van der Waals surface area contributed by atoms with Crippen LogP contribution in [0.3, 0.4) is 0 Å². The maximum Gasteiger partial charge on any atom is 0.119 e. The quantitative estimate of drug-likeness (QED) is 0.870. The highest BCUT2D eigenvalue weighted by Crippen LogP contribution is 2.31. The first-order valence-electron chi connectivity index (χ1n) is 6.20. The molecule has 0 atom stereocenters. The number of rotatable bonds is 4. The molecule has 3 heteroatoms. The summed E-state index contributed by atoms with van der Waals surface area (Å²) in [6.07, 6.45) is 2.85. The Hall–Kier alpha value is -1.06. The first-order chi connectivity index (χ1) is 8.35. The van der Waals surface area contributed by atoms with E-state index < -0.39 is 0 Å². The van der Waals surface area contributed by atoms with E-state index in [-0.39, 0.29) is 6.61 Å². The molecule has 1 aromatic rings. The van der Waals surface area contributed by atoms with E-state index in [1.807, 2.05) is 12.1 Å². The topological polar surface area (TPSA) is 38.7 Å². The molecule has 1 aliphatic heterocycles. The molecule has 17 heavy (non-hydrogen) atoms. The SMILES string of the molecule is COc1ccc(C2CCOCC2)c(CCO)c1. The van der Waals surface area contributed by atoms with Crippen LogP contribution in [0.25, 0.3) is 0 Å². The molecule has 1 heterocycles. The molecule has 0 saturated carbocycles. The van der Waals surface area contributed by atoms with Crippen molar-refractivity contribution in [3.63, 3.8) is 0 Å². The number of aliphatic hydroxyl groups excluding tert-OH is 1. The van der Waals surface area contributed by atoms with Crippen molar-refractivity contribution in [2.45, 2.75) is 25.2 Å². The van der Waals surface area contributed by atoms with Gasteiger partial charge in [0.2, 0.25) is 0 Å². The molecule has 0 radical (unpaired) electrons. The first-order valence-corrected chi connectivity index (χ1v) is 6.20. The van der Waals surface area contributed by atoms with Crippen LogP contribution in [0.1, 0.15) is 29.9 Å². The largest absolute Gasteiger partial charge is 0.497 e. The van der Waals surface area contributed by atoms with Gasteiger partial charge in [-0.15, -0.1) is 0 Å². The average Bonchev–Trinajstić information content (AvgIpc) is 2.40. The van der Waals surface area contributed by atoms with Gasteiger partial charge < -0.3 is 14.6 Å². The molecule has 1 N–H and O–H groups in total. The molecule has 0 aromatic heterocycles. The summed E-state index contributed by atoms with van der Waals surface area (Å²) in [5, 5.41) is 9.14. The Bertz CT molecular complexity index is 356. The fourth-order valence-corrected chi connectivity index (χ4v) is 2.45. The Morgan fingerprint density at radius 3 is 2.76 bits per heavy atom. The highest BCUT2D eigenvalue weighted by atomic mass is 16.5. The van der Waals surface area contributed by atoms with Gasteiger partial charge in [0, 0.05) is 19.8 Å². The van der Waals surface area contributed by atoms with Crippen LogP contribution >= 0.6 is 0 Å². The molecular formula is C14H20O3. The predicted molar refractivity (Wildman–Crippen MR) is 66.6 cm³/mol. The van der Waals surface area contributed by atoms with E-state index in [0.717, 1.165) is 31.8 Å². The summed E-state index contributed by atoms with van der Waals surface area (Å²) < 4.78 is 10.6. The van der Waals surface area contributed by atoms with Crippen LogP contribution in [0, 0.1) is 0 Å². The van der Waals surface area contributed by atoms with E-state index in [2.05, 4.69) is 6.07 Å². The Labute approximate surface area is 102 Å². The van der Waals surface area contributed by atoms with Crippen molar-refractivity contribution in [1.29, 1.82) is 0 Å². The highest BCUT2D eigenvalue weighted by molar-refractivity contribution is 5.38. The normalized spacial score (nSPS) is 17.1. The minimum Gasteiger partial charge on any atom is -0.497 e. The van der Waals surface area contributed by atoms with Crippen LogP contribution in [0.2, 0.25) is 0 Å². The Morgan fingerprint density at radius 1 is 1.35 bits per heavy atom. The standard InChI is InChI=1S/C14H20O3/c1-16-13-2-3-14(12(10-13)4-7-15)11-5-8-17-9-6-11/h2-3,10-11,15H,4-9H2,1H3. The Balaban J connectivity index is 2.24. The summed E-state index contributed by atoms with van der Waals surface area (Å²) in [7, 11) is 1.67. The second-order valence-electron chi connectivity index (χ2n) is 4.42. The summed E-state index contributed by atoms with van der Waals surface area (Å²) in [4.78, 5) is 0. The first kappa shape index (κ1) is 12.4. The average molecular weight is 236 g/mol. The van der Waals surface area contributed by atoms with Crippen molar-refractivity contribution < 1.29 is 14.6 Å². The number of benzene rings is 1. The third-order valence-electron chi connectivity index (χ3n) is 3.39. The third kappa shape index (κ3) is 2.99. The number of methoxy groups -OCH3 is 1. The zero-order valence-electron chi connectivity index (χ0n) is 10.3. The Morgan fingerprint density at radius 2 is 2.12 bits per heavy atom. The lowest BCUT2D eigenvalue weighted by atomic mass is 9.87. The zero-order valence-corrected chi connectivity index (χ0v) is 10.3. The molecule has 0 spiro atoms.